The summed E-state index contributed by atoms with van der Waals surface area (Å²) in [4.78, 5) is 16.5. The Morgan fingerprint density at radius 2 is 1.76 bits per heavy atom. The molecule has 2 heterocycles. The summed E-state index contributed by atoms with van der Waals surface area (Å²) in [7, 11) is 1.35. The minimum Gasteiger partial charge on any atom is -0.321 e. The fraction of sp³-hybridized carbons (Fsp3) is 0.500. The van der Waals surface area contributed by atoms with Gasteiger partial charge >= 0.3 is 18.4 Å². The number of amides is 2. The van der Waals surface area contributed by atoms with Gasteiger partial charge in [-0.05, 0) is 73.7 Å². The number of carbonyl (C=O) groups excluding carboxylic acids is 1. The highest BCUT2D eigenvalue weighted by atomic mass is 19.4. The summed E-state index contributed by atoms with van der Waals surface area (Å²) >= 11 is 0. The zero-order valence-corrected chi connectivity index (χ0v) is 20.6. The van der Waals surface area contributed by atoms with Crippen LogP contribution in [0.3, 0.4) is 0 Å². The molecule has 37 heavy (non-hydrogen) atoms. The summed E-state index contributed by atoms with van der Waals surface area (Å²) in [6, 6.07) is 3.68. The highest BCUT2D eigenvalue weighted by molar-refractivity contribution is 5.76. The Labute approximate surface area is 210 Å². The lowest BCUT2D eigenvalue weighted by atomic mass is 9.78. The number of likely N-dealkylation sites (tertiary alicyclic amines) is 1. The Bertz CT molecular complexity index is 1160. The third kappa shape index (κ3) is 5.28. The molecule has 0 saturated carbocycles. The van der Waals surface area contributed by atoms with Gasteiger partial charge in [0.25, 0.3) is 0 Å². The molecule has 202 valence electrons. The van der Waals surface area contributed by atoms with Gasteiger partial charge in [0.2, 0.25) is 0 Å². The lowest BCUT2D eigenvalue weighted by Gasteiger charge is -2.45. The first kappa shape index (κ1) is 27.2. The van der Waals surface area contributed by atoms with Gasteiger partial charge in [0.05, 0.1) is 23.2 Å². The molecular formula is C26H28F7N3O. The molecule has 0 radical (unpaired) electrons. The van der Waals surface area contributed by atoms with Crippen molar-refractivity contribution in [2.75, 3.05) is 26.7 Å². The van der Waals surface area contributed by atoms with Crippen molar-refractivity contribution in [3.8, 4) is 0 Å². The van der Waals surface area contributed by atoms with Crippen molar-refractivity contribution in [2.24, 2.45) is 11.8 Å². The van der Waals surface area contributed by atoms with Crippen LogP contribution < -0.4 is 5.32 Å². The van der Waals surface area contributed by atoms with Crippen LogP contribution in [0.15, 0.2) is 36.4 Å². The van der Waals surface area contributed by atoms with E-state index in [-0.39, 0.29) is 17.9 Å². The Morgan fingerprint density at radius 1 is 1.05 bits per heavy atom. The highest BCUT2D eigenvalue weighted by Crippen LogP contribution is 2.44. The number of fused-ring (bicyclic) bond motifs is 1. The van der Waals surface area contributed by atoms with Gasteiger partial charge < -0.3 is 15.1 Å². The summed E-state index contributed by atoms with van der Waals surface area (Å²) in [5.41, 5.74) is -1.84. The fourth-order valence-corrected chi connectivity index (χ4v) is 5.62. The maximum atomic E-state index is 13.8. The topological polar surface area (TPSA) is 35.6 Å². The summed E-state index contributed by atoms with van der Waals surface area (Å²) in [6.45, 7) is 4.86. The van der Waals surface area contributed by atoms with Crippen molar-refractivity contribution in [2.45, 2.75) is 44.7 Å². The zero-order chi connectivity index (χ0) is 27.3. The molecule has 2 aromatic rings. The molecule has 0 aromatic heterocycles. The van der Waals surface area contributed by atoms with Crippen molar-refractivity contribution in [1.82, 2.24) is 15.1 Å². The number of nitrogens with zero attached hydrogens (tertiary/aromatic N) is 2. The molecule has 2 aliphatic heterocycles. The monoisotopic (exact) mass is 531 g/mol. The maximum absolute atomic E-state index is 13.8. The number of rotatable bonds is 3. The van der Waals surface area contributed by atoms with Gasteiger partial charge in [0, 0.05) is 26.1 Å². The molecule has 0 spiro atoms. The van der Waals surface area contributed by atoms with Gasteiger partial charge in [0.15, 0.2) is 0 Å². The van der Waals surface area contributed by atoms with E-state index < -0.39 is 53.0 Å². The maximum Gasteiger partial charge on any atom is 0.416 e. The lowest BCUT2D eigenvalue weighted by Crippen LogP contribution is -2.51. The molecule has 0 bridgehead atoms. The third-order valence-corrected chi connectivity index (χ3v) is 7.69. The smallest absolute Gasteiger partial charge is 0.321 e. The first-order valence-corrected chi connectivity index (χ1v) is 12.0. The Hall–Kier alpha value is -2.82. The summed E-state index contributed by atoms with van der Waals surface area (Å²) in [6.07, 6.45) is -9.30. The average Bonchev–Trinajstić information content (AvgIpc) is 3.30. The molecule has 2 amide bonds. The molecule has 2 aromatic carbocycles. The standard InChI is InChI=1S/C26H28F7N3O/c1-14-10-18(27)5-7-19(14)23-21-13-34-12-16(21)8-9-36(23)24(37)35(3)15(2)20-6-4-17(25(28,29)30)11-22(20)26(31,32)33/h4-7,10-11,15-16,21,23,34H,8-9,12-13H2,1-3H3/t15?,16?,21-,23+/m1/s1. The van der Waals surface area contributed by atoms with E-state index in [0.29, 0.717) is 31.1 Å². The van der Waals surface area contributed by atoms with E-state index in [2.05, 4.69) is 5.32 Å². The Kier molecular flexibility index (Phi) is 7.22. The van der Waals surface area contributed by atoms with E-state index in [1.165, 1.54) is 26.1 Å². The summed E-state index contributed by atoms with van der Waals surface area (Å²) in [5.74, 6) is -0.0980. The number of nitrogens with one attached hydrogen (secondary N) is 1. The quantitative estimate of drug-likeness (QED) is 0.455. The average molecular weight is 532 g/mol. The normalized spacial score (nSPS) is 23.1. The van der Waals surface area contributed by atoms with Gasteiger partial charge in [-0.15, -0.1) is 0 Å². The number of alkyl halides is 6. The molecule has 2 unspecified atom stereocenters. The number of benzene rings is 2. The molecule has 4 rings (SSSR count). The molecule has 1 N–H and O–H groups in total. The van der Waals surface area contributed by atoms with Crippen LogP contribution in [0.5, 0.6) is 0 Å². The second-order valence-electron chi connectivity index (χ2n) is 9.88. The predicted molar refractivity (Wildman–Crippen MR) is 123 cm³/mol. The SMILES string of the molecule is Cc1cc(F)ccc1[C@H]1[C@@H]2CNCC2CCN1C(=O)N(C)C(C)c1ccc(C(F)(F)F)cc1C(F)(F)F. The summed E-state index contributed by atoms with van der Waals surface area (Å²) in [5, 5.41) is 3.33. The van der Waals surface area contributed by atoms with Crippen LogP contribution >= 0.6 is 0 Å². The van der Waals surface area contributed by atoms with Crippen LogP contribution in [0.1, 0.15) is 53.2 Å². The first-order valence-electron chi connectivity index (χ1n) is 12.0. The number of piperidine rings is 1. The van der Waals surface area contributed by atoms with Crippen molar-refractivity contribution in [1.29, 1.82) is 0 Å². The predicted octanol–water partition coefficient (Wildman–Crippen LogP) is 6.57. The molecule has 2 saturated heterocycles. The number of carbonyl (C=O) groups is 1. The van der Waals surface area contributed by atoms with Crippen LogP contribution in [-0.4, -0.2) is 42.5 Å². The minimum atomic E-state index is -5.05. The molecule has 11 heteroatoms. The molecule has 2 aliphatic rings. The molecule has 4 nitrogen and oxygen atoms in total. The zero-order valence-electron chi connectivity index (χ0n) is 20.6. The molecule has 0 aliphatic carbocycles. The lowest BCUT2D eigenvalue weighted by molar-refractivity contribution is -0.143. The minimum absolute atomic E-state index is 0.0300. The van der Waals surface area contributed by atoms with Crippen molar-refractivity contribution in [3.05, 3.63) is 70.0 Å². The molecule has 2 fully saturated rings. The van der Waals surface area contributed by atoms with E-state index in [1.54, 1.807) is 17.9 Å². The Balaban J connectivity index is 1.69. The third-order valence-electron chi connectivity index (χ3n) is 7.69. The number of hydrogen-bond acceptors (Lipinski definition) is 2. The van der Waals surface area contributed by atoms with E-state index >= 15 is 0 Å². The second-order valence-corrected chi connectivity index (χ2v) is 9.88. The Morgan fingerprint density at radius 3 is 2.38 bits per heavy atom. The van der Waals surface area contributed by atoms with Gasteiger partial charge in [-0.25, -0.2) is 9.18 Å². The van der Waals surface area contributed by atoms with E-state index in [9.17, 15) is 35.5 Å². The number of hydrogen-bond donors (Lipinski definition) is 1. The molecule has 4 atom stereocenters. The highest BCUT2D eigenvalue weighted by Gasteiger charge is 2.45. The van der Waals surface area contributed by atoms with Crippen LogP contribution in [0.4, 0.5) is 35.5 Å². The van der Waals surface area contributed by atoms with Crippen LogP contribution in [0, 0.1) is 24.6 Å². The number of aryl methyl sites for hydroxylation is 1. The number of halogens is 7. The first-order chi connectivity index (χ1) is 17.2. The van der Waals surface area contributed by atoms with Crippen molar-refractivity contribution < 1.29 is 35.5 Å². The van der Waals surface area contributed by atoms with Crippen LogP contribution in [-0.2, 0) is 12.4 Å². The number of urea groups is 1. The van der Waals surface area contributed by atoms with E-state index in [4.69, 9.17) is 0 Å². The van der Waals surface area contributed by atoms with Crippen molar-refractivity contribution in [3.63, 3.8) is 0 Å². The van der Waals surface area contributed by atoms with Gasteiger partial charge in [-0.1, -0.05) is 12.1 Å². The largest absolute Gasteiger partial charge is 0.416 e. The molecular weight excluding hydrogens is 503 g/mol. The van der Waals surface area contributed by atoms with Crippen LogP contribution in [0.2, 0.25) is 0 Å². The van der Waals surface area contributed by atoms with E-state index in [0.717, 1.165) is 23.1 Å². The van der Waals surface area contributed by atoms with Crippen molar-refractivity contribution >= 4 is 6.03 Å². The second kappa shape index (κ2) is 9.81. The van der Waals surface area contributed by atoms with Crippen LogP contribution in [0.25, 0.3) is 0 Å². The van der Waals surface area contributed by atoms with Gasteiger partial charge in [-0.3, -0.25) is 0 Å². The van der Waals surface area contributed by atoms with Gasteiger partial charge in [0.1, 0.15) is 5.82 Å². The van der Waals surface area contributed by atoms with E-state index in [1.807, 2.05) is 0 Å². The van der Waals surface area contributed by atoms with Gasteiger partial charge in [-0.2, -0.15) is 26.3 Å². The fourth-order valence-electron chi connectivity index (χ4n) is 5.62. The summed E-state index contributed by atoms with van der Waals surface area (Å²) < 4.78 is 94.5.